The van der Waals surface area contributed by atoms with E-state index in [0.29, 0.717) is 16.7 Å². The standard InChI is InChI=1S/C10H19OS.C8HF17O3S/c1-2-3-6-10(11)9-12-7-4-5-8-12;9-1(10,3(13,14)5(17,18)7(21,22)23)2(11,12)4(15,16)6(19,20)8(24,25)29(26,27)28/h2-9H2,1H3;(H,26,27,28)/q+1;/p-1. The molecule has 1 aliphatic rings. The van der Waals surface area contributed by atoms with Gasteiger partial charge in [-0.2, -0.15) is 74.6 Å². The smallest absolute Gasteiger partial charge is 0.460 e. The van der Waals surface area contributed by atoms with Crippen molar-refractivity contribution in [2.45, 2.75) is 86.0 Å². The first kappa shape index (κ1) is 39.7. The summed E-state index contributed by atoms with van der Waals surface area (Å²) in [7, 11) is -7.65. The van der Waals surface area contributed by atoms with Crippen LogP contribution in [0.1, 0.15) is 39.0 Å². The monoisotopic (exact) mass is 686 g/mol. The summed E-state index contributed by atoms with van der Waals surface area (Å²) in [5.41, 5.74) is 0. The number of unbranched alkanes of at least 4 members (excludes halogenated alkanes) is 1. The van der Waals surface area contributed by atoms with Gasteiger partial charge in [-0.3, -0.25) is 4.79 Å². The molecule has 0 aromatic carbocycles. The van der Waals surface area contributed by atoms with Crippen LogP contribution in [0.5, 0.6) is 0 Å². The number of ketones is 1. The van der Waals surface area contributed by atoms with Crippen molar-refractivity contribution >= 4 is 26.8 Å². The Morgan fingerprint density at radius 2 is 1.00 bits per heavy atom. The summed E-state index contributed by atoms with van der Waals surface area (Å²) in [6, 6.07) is 0. The largest absolute Gasteiger partial charge is 0.743 e. The summed E-state index contributed by atoms with van der Waals surface area (Å²) >= 11 is 0. The fourth-order valence-electron chi connectivity index (χ4n) is 2.84. The molecule has 0 aromatic heterocycles. The molecule has 0 spiro atoms. The van der Waals surface area contributed by atoms with Crippen LogP contribution in [0.4, 0.5) is 74.6 Å². The average Bonchev–Trinajstić information content (AvgIpc) is 3.28. The van der Waals surface area contributed by atoms with Crippen molar-refractivity contribution in [2.75, 3.05) is 17.3 Å². The molecule has 0 bridgehead atoms. The van der Waals surface area contributed by atoms with Crippen LogP contribution < -0.4 is 0 Å². The predicted octanol–water partition coefficient (Wildman–Crippen LogP) is 6.66. The third kappa shape index (κ3) is 7.11. The van der Waals surface area contributed by atoms with Crippen molar-refractivity contribution in [1.29, 1.82) is 0 Å². The van der Waals surface area contributed by atoms with E-state index in [2.05, 4.69) is 6.92 Å². The number of carbonyl (C=O) groups excluding carboxylic acids is 1. The van der Waals surface area contributed by atoms with Gasteiger partial charge >= 0.3 is 47.0 Å². The first-order valence-corrected chi connectivity index (χ1v) is 13.8. The molecule has 0 unspecified atom stereocenters. The van der Waals surface area contributed by atoms with Gasteiger partial charge in [0.05, 0.1) is 0 Å². The van der Waals surface area contributed by atoms with Crippen molar-refractivity contribution in [2.24, 2.45) is 0 Å². The summed E-state index contributed by atoms with van der Waals surface area (Å²) in [5.74, 6) is -48.1. The molecule has 4 nitrogen and oxygen atoms in total. The van der Waals surface area contributed by atoms with E-state index in [9.17, 15) is 92.4 Å². The van der Waals surface area contributed by atoms with Crippen molar-refractivity contribution in [1.82, 2.24) is 0 Å². The predicted molar refractivity (Wildman–Crippen MR) is 106 cm³/mol. The van der Waals surface area contributed by atoms with Crippen molar-refractivity contribution in [3.8, 4) is 0 Å². The molecule has 23 heteroatoms. The summed E-state index contributed by atoms with van der Waals surface area (Å²) in [5, 5.41) is -7.95. The Balaban J connectivity index is 0.00000110. The van der Waals surface area contributed by atoms with Gasteiger partial charge < -0.3 is 4.55 Å². The molecule has 0 aromatic rings. The van der Waals surface area contributed by atoms with E-state index in [1.165, 1.54) is 24.3 Å². The lowest BCUT2D eigenvalue weighted by Gasteiger charge is -2.42. The zero-order chi connectivity index (χ0) is 33.3. The van der Waals surface area contributed by atoms with Gasteiger partial charge in [0.25, 0.3) is 0 Å². The number of Topliss-reactive ketones (excluding diaryl/α,β-unsaturated/α-hetero) is 1. The molecule has 1 rings (SSSR count). The van der Waals surface area contributed by atoms with Crippen molar-refractivity contribution in [3.05, 3.63) is 0 Å². The van der Waals surface area contributed by atoms with Gasteiger partial charge in [0, 0.05) is 6.42 Å². The lowest BCUT2D eigenvalue weighted by Crippen LogP contribution is -2.75. The van der Waals surface area contributed by atoms with E-state index in [0.717, 1.165) is 25.0 Å². The molecule has 1 heterocycles. The Bertz CT molecular complexity index is 1000. The number of hydrogen-bond acceptors (Lipinski definition) is 4. The minimum atomic E-state index is -8.92. The highest BCUT2D eigenvalue weighted by molar-refractivity contribution is 7.97. The van der Waals surface area contributed by atoms with Gasteiger partial charge in [0.15, 0.2) is 21.7 Å². The first-order chi connectivity index (χ1) is 17.8. The summed E-state index contributed by atoms with van der Waals surface area (Å²) in [6.45, 7) is 2.14. The molecular formula is C18H19F17O4S2. The summed E-state index contributed by atoms with van der Waals surface area (Å²) < 4.78 is 244. The second-order valence-corrected chi connectivity index (χ2v) is 12.2. The normalized spacial score (nSPS) is 17.3. The Kier molecular flexibility index (Phi) is 12.0. The van der Waals surface area contributed by atoms with Gasteiger partial charge in [-0.25, -0.2) is 8.42 Å². The third-order valence-electron chi connectivity index (χ3n) is 5.30. The van der Waals surface area contributed by atoms with Crippen LogP contribution in [0.3, 0.4) is 0 Å². The number of carbonyl (C=O) groups is 1. The van der Waals surface area contributed by atoms with Crippen LogP contribution in [0.15, 0.2) is 0 Å². The van der Waals surface area contributed by atoms with Gasteiger partial charge in [-0.05, 0) is 30.2 Å². The molecule has 246 valence electrons. The highest BCUT2D eigenvalue weighted by Crippen LogP contribution is 2.64. The van der Waals surface area contributed by atoms with E-state index in [4.69, 9.17) is 0 Å². The van der Waals surface area contributed by atoms with Gasteiger partial charge in [0.1, 0.15) is 11.5 Å². The summed E-state index contributed by atoms with van der Waals surface area (Å²) in [4.78, 5) is 11.4. The van der Waals surface area contributed by atoms with Gasteiger partial charge in [0.2, 0.25) is 0 Å². The number of rotatable bonds is 12. The number of hydrogen-bond donors (Lipinski definition) is 0. The first-order valence-electron chi connectivity index (χ1n) is 10.7. The van der Waals surface area contributed by atoms with E-state index in [1.807, 2.05) is 0 Å². The molecule has 1 fully saturated rings. The lowest BCUT2D eigenvalue weighted by atomic mass is 9.91. The zero-order valence-electron chi connectivity index (χ0n) is 20.0. The molecule has 0 N–H and O–H groups in total. The minimum Gasteiger partial charge on any atom is -0.743 e. The van der Waals surface area contributed by atoms with Crippen LogP contribution in [0, 0.1) is 0 Å². The van der Waals surface area contributed by atoms with E-state index < -0.39 is 57.1 Å². The number of halogens is 17. The van der Waals surface area contributed by atoms with Crippen LogP contribution in [-0.2, 0) is 25.8 Å². The molecule has 0 radical (unpaired) electrons. The van der Waals surface area contributed by atoms with Gasteiger partial charge in [-0.15, -0.1) is 0 Å². The average molecular weight is 686 g/mol. The zero-order valence-corrected chi connectivity index (χ0v) is 21.7. The molecule has 0 saturated carbocycles. The fourth-order valence-corrected chi connectivity index (χ4v) is 5.60. The summed E-state index contributed by atoms with van der Waals surface area (Å²) in [6.07, 6.45) is -2.08. The Hall–Kier alpha value is -1.26. The molecule has 0 atom stereocenters. The lowest BCUT2D eigenvalue weighted by molar-refractivity contribution is -0.458. The third-order valence-corrected chi connectivity index (χ3v) is 8.64. The highest BCUT2D eigenvalue weighted by atomic mass is 32.2. The Labute approximate surface area is 223 Å². The molecule has 0 amide bonds. The van der Waals surface area contributed by atoms with E-state index >= 15 is 0 Å². The topological polar surface area (TPSA) is 74.3 Å². The van der Waals surface area contributed by atoms with Crippen LogP contribution in [-0.4, -0.2) is 83.0 Å². The number of alkyl halides is 17. The van der Waals surface area contributed by atoms with Gasteiger partial charge in [-0.1, -0.05) is 13.3 Å². The molecule has 0 aliphatic carbocycles. The molecule has 1 saturated heterocycles. The van der Waals surface area contributed by atoms with Crippen LogP contribution >= 0.6 is 0 Å². The highest BCUT2D eigenvalue weighted by Gasteiger charge is 2.95. The molecular weight excluding hydrogens is 667 g/mol. The van der Waals surface area contributed by atoms with Crippen molar-refractivity contribution in [3.63, 3.8) is 0 Å². The quantitative estimate of drug-likeness (QED) is 0.131. The second-order valence-electron chi connectivity index (χ2n) is 8.43. The van der Waals surface area contributed by atoms with Crippen LogP contribution in [0.2, 0.25) is 0 Å². The fraction of sp³-hybridized carbons (Fsp3) is 0.944. The molecule has 1 aliphatic heterocycles. The minimum absolute atomic E-state index is 0.490. The van der Waals surface area contributed by atoms with Crippen molar-refractivity contribution < 1.29 is 92.4 Å². The maximum Gasteiger partial charge on any atom is 0.460 e. The van der Waals surface area contributed by atoms with E-state index in [-0.39, 0.29) is 0 Å². The maximum absolute atomic E-state index is 13.0. The van der Waals surface area contributed by atoms with E-state index in [1.54, 1.807) is 0 Å². The Morgan fingerprint density at radius 1 is 0.659 bits per heavy atom. The Morgan fingerprint density at radius 3 is 1.32 bits per heavy atom. The maximum atomic E-state index is 13.0. The SMILES string of the molecule is CCCCC(=O)C[S+]1CCCC1.O=S(=O)([O-])C(F)(F)C(F)(F)C(F)(F)C(F)(F)C(F)(F)C(F)(F)C(F)(F)C(F)(F)F. The van der Waals surface area contributed by atoms with Crippen LogP contribution in [0.25, 0.3) is 0 Å². The molecule has 41 heavy (non-hydrogen) atoms. The second kappa shape index (κ2) is 12.4.